The van der Waals surface area contributed by atoms with Gasteiger partial charge in [0.1, 0.15) is 5.82 Å². The summed E-state index contributed by atoms with van der Waals surface area (Å²) in [5.74, 6) is 0.650. The number of aryl methyl sites for hydroxylation is 1. The summed E-state index contributed by atoms with van der Waals surface area (Å²) in [6.07, 6.45) is 0. The third-order valence-corrected chi connectivity index (χ3v) is 2.21. The Bertz CT molecular complexity index is 377. The highest BCUT2D eigenvalue weighted by molar-refractivity contribution is 5.98. The number of rotatable bonds is 5. The van der Waals surface area contributed by atoms with Gasteiger partial charge in [0.25, 0.3) is 0 Å². The van der Waals surface area contributed by atoms with Crippen LogP contribution in [0.15, 0.2) is 12.1 Å². The van der Waals surface area contributed by atoms with Crippen LogP contribution in [-0.4, -0.2) is 30.5 Å². The number of nitrogens with one attached hydrogen (secondary N) is 1. The molecule has 4 nitrogen and oxygen atoms in total. The van der Waals surface area contributed by atoms with E-state index in [4.69, 9.17) is 4.74 Å². The van der Waals surface area contributed by atoms with Crippen LogP contribution in [0.25, 0.3) is 0 Å². The summed E-state index contributed by atoms with van der Waals surface area (Å²) in [5.41, 5.74) is 1.51. The van der Waals surface area contributed by atoms with Crippen molar-refractivity contribution in [1.82, 2.24) is 4.98 Å². The van der Waals surface area contributed by atoms with Crippen molar-refractivity contribution in [2.45, 2.75) is 26.8 Å². The Balaban J connectivity index is 2.92. The zero-order chi connectivity index (χ0) is 12.1. The zero-order valence-electron chi connectivity index (χ0n) is 10.2. The Kier molecular flexibility index (Phi) is 4.43. The van der Waals surface area contributed by atoms with Crippen molar-refractivity contribution in [2.75, 3.05) is 19.0 Å². The van der Waals surface area contributed by atoms with E-state index in [1.54, 1.807) is 20.1 Å². The van der Waals surface area contributed by atoms with Gasteiger partial charge in [-0.3, -0.25) is 4.79 Å². The number of methoxy groups -OCH3 is 1. The van der Waals surface area contributed by atoms with Gasteiger partial charge in [0.05, 0.1) is 12.2 Å². The molecule has 0 aliphatic heterocycles. The van der Waals surface area contributed by atoms with E-state index in [2.05, 4.69) is 10.3 Å². The molecule has 4 heteroatoms. The molecule has 0 amide bonds. The molecule has 1 N–H and O–H groups in total. The second-order valence-electron chi connectivity index (χ2n) is 3.91. The largest absolute Gasteiger partial charge is 0.383 e. The van der Waals surface area contributed by atoms with Crippen LogP contribution in [-0.2, 0) is 4.74 Å². The van der Waals surface area contributed by atoms with E-state index < -0.39 is 0 Å². The number of carbonyl (C=O) groups excluding carboxylic acids is 1. The molecule has 1 rings (SSSR count). The molecular formula is C12H18N2O2. The van der Waals surface area contributed by atoms with Crippen molar-refractivity contribution in [3.8, 4) is 0 Å². The van der Waals surface area contributed by atoms with E-state index in [1.165, 1.54) is 0 Å². The first-order valence-electron chi connectivity index (χ1n) is 5.28. The van der Waals surface area contributed by atoms with Crippen molar-refractivity contribution in [3.05, 3.63) is 23.4 Å². The Hall–Kier alpha value is -1.42. The van der Waals surface area contributed by atoms with Gasteiger partial charge in [-0.2, -0.15) is 0 Å². The highest BCUT2D eigenvalue weighted by Gasteiger charge is 2.11. The minimum absolute atomic E-state index is 0.0135. The number of aromatic nitrogens is 1. The number of ether oxygens (including phenoxy) is 1. The number of anilines is 1. The lowest BCUT2D eigenvalue weighted by atomic mass is 10.1. The molecule has 0 radical (unpaired) electrons. The van der Waals surface area contributed by atoms with E-state index in [-0.39, 0.29) is 11.8 Å². The van der Waals surface area contributed by atoms with E-state index in [9.17, 15) is 4.79 Å². The van der Waals surface area contributed by atoms with E-state index in [0.29, 0.717) is 18.0 Å². The van der Waals surface area contributed by atoms with Gasteiger partial charge in [-0.05, 0) is 32.9 Å². The van der Waals surface area contributed by atoms with Crippen LogP contribution < -0.4 is 5.32 Å². The third-order valence-electron chi connectivity index (χ3n) is 2.21. The topological polar surface area (TPSA) is 51.2 Å². The fraction of sp³-hybridized carbons (Fsp3) is 0.500. The zero-order valence-corrected chi connectivity index (χ0v) is 10.2. The smallest absolute Gasteiger partial charge is 0.163 e. The Labute approximate surface area is 96.0 Å². The summed E-state index contributed by atoms with van der Waals surface area (Å²) in [4.78, 5) is 15.7. The first-order chi connectivity index (χ1) is 7.54. The van der Waals surface area contributed by atoms with Crippen molar-refractivity contribution in [1.29, 1.82) is 0 Å². The predicted molar refractivity (Wildman–Crippen MR) is 63.9 cm³/mol. The summed E-state index contributed by atoms with van der Waals surface area (Å²) >= 11 is 0. The first kappa shape index (κ1) is 12.6. The number of Topliss-reactive ketones (excluding diaryl/α,β-unsaturated/α-hetero) is 1. The van der Waals surface area contributed by atoms with E-state index in [0.717, 1.165) is 5.69 Å². The normalized spacial score (nSPS) is 12.2. The highest BCUT2D eigenvalue weighted by atomic mass is 16.5. The van der Waals surface area contributed by atoms with Crippen LogP contribution in [0.1, 0.15) is 29.9 Å². The molecule has 1 aromatic heterocycles. The predicted octanol–water partition coefficient (Wildman–Crippen LogP) is 2.04. The number of hydrogen-bond donors (Lipinski definition) is 1. The molecule has 0 fully saturated rings. The molecule has 1 atom stereocenters. The van der Waals surface area contributed by atoms with Crippen LogP contribution in [0, 0.1) is 6.92 Å². The molecule has 1 aromatic rings. The van der Waals surface area contributed by atoms with Gasteiger partial charge < -0.3 is 10.1 Å². The Morgan fingerprint density at radius 1 is 1.56 bits per heavy atom. The third kappa shape index (κ3) is 3.31. The van der Waals surface area contributed by atoms with Crippen LogP contribution in [0.4, 0.5) is 5.82 Å². The van der Waals surface area contributed by atoms with Crippen LogP contribution >= 0.6 is 0 Å². The van der Waals surface area contributed by atoms with Gasteiger partial charge in [-0.15, -0.1) is 0 Å². The maximum atomic E-state index is 11.4. The SMILES string of the molecule is COCC(C)Nc1nc(C)ccc1C(C)=O. The summed E-state index contributed by atoms with van der Waals surface area (Å²) in [6, 6.07) is 3.76. The van der Waals surface area contributed by atoms with Gasteiger partial charge in [0.15, 0.2) is 5.78 Å². The molecule has 0 aliphatic rings. The molecule has 88 valence electrons. The summed E-state index contributed by atoms with van der Waals surface area (Å²) in [7, 11) is 1.65. The fourth-order valence-electron chi connectivity index (χ4n) is 1.48. The number of hydrogen-bond acceptors (Lipinski definition) is 4. The molecule has 0 spiro atoms. The maximum absolute atomic E-state index is 11.4. The molecule has 0 saturated carbocycles. The summed E-state index contributed by atoms with van der Waals surface area (Å²) in [5, 5.41) is 3.18. The van der Waals surface area contributed by atoms with E-state index in [1.807, 2.05) is 19.9 Å². The number of carbonyl (C=O) groups is 1. The molecule has 1 heterocycles. The van der Waals surface area contributed by atoms with E-state index >= 15 is 0 Å². The van der Waals surface area contributed by atoms with Gasteiger partial charge in [0, 0.05) is 18.8 Å². The van der Waals surface area contributed by atoms with Gasteiger partial charge in [-0.1, -0.05) is 0 Å². The first-order valence-corrected chi connectivity index (χ1v) is 5.28. The molecule has 0 saturated heterocycles. The number of nitrogens with zero attached hydrogens (tertiary/aromatic N) is 1. The van der Waals surface area contributed by atoms with Crippen molar-refractivity contribution >= 4 is 11.6 Å². The minimum atomic E-state index is 0.0135. The second-order valence-corrected chi connectivity index (χ2v) is 3.91. The average Bonchev–Trinajstić information content (AvgIpc) is 2.17. The lowest BCUT2D eigenvalue weighted by Crippen LogP contribution is -2.23. The highest BCUT2D eigenvalue weighted by Crippen LogP contribution is 2.15. The van der Waals surface area contributed by atoms with Gasteiger partial charge in [-0.25, -0.2) is 4.98 Å². The Morgan fingerprint density at radius 2 is 2.25 bits per heavy atom. The van der Waals surface area contributed by atoms with Crippen LogP contribution in [0.2, 0.25) is 0 Å². The monoisotopic (exact) mass is 222 g/mol. The summed E-state index contributed by atoms with van der Waals surface area (Å²) in [6.45, 7) is 6.00. The second kappa shape index (κ2) is 5.61. The van der Waals surface area contributed by atoms with Crippen LogP contribution in [0.3, 0.4) is 0 Å². The van der Waals surface area contributed by atoms with Crippen molar-refractivity contribution in [3.63, 3.8) is 0 Å². The lowest BCUT2D eigenvalue weighted by molar-refractivity contribution is 0.101. The lowest BCUT2D eigenvalue weighted by Gasteiger charge is -2.15. The van der Waals surface area contributed by atoms with Gasteiger partial charge >= 0.3 is 0 Å². The minimum Gasteiger partial charge on any atom is -0.383 e. The standard InChI is InChI=1S/C12H18N2O2/c1-8-5-6-11(10(3)15)12(13-8)14-9(2)7-16-4/h5-6,9H,7H2,1-4H3,(H,13,14). The van der Waals surface area contributed by atoms with Crippen molar-refractivity contribution < 1.29 is 9.53 Å². The molecular weight excluding hydrogens is 204 g/mol. The summed E-state index contributed by atoms with van der Waals surface area (Å²) < 4.78 is 5.03. The number of ketones is 1. The quantitative estimate of drug-likeness (QED) is 0.774. The average molecular weight is 222 g/mol. The fourth-order valence-corrected chi connectivity index (χ4v) is 1.48. The maximum Gasteiger partial charge on any atom is 0.163 e. The Morgan fingerprint density at radius 3 is 2.81 bits per heavy atom. The van der Waals surface area contributed by atoms with Crippen LogP contribution in [0.5, 0.6) is 0 Å². The molecule has 0 aliphatic carbocycles. The number of pyridine rings is 1. The van der Waals surface area contributed by atoms with Crippen molar-refractivity contribution in [2.24, 2.45) is 0 Å². The molecule has 0 bridgehead atoms. The molecule has 16 heavy (non-hydrogen) atoms. The molecule has 1 unspecified atom stereocenters. The molecule has 0 aromatic carbocycles. The van der Waals surface area contributed by atoms with Gasteiger partial charge in [0.2, 0.25) is 0 Å².